The molecule has 1 aromatic carbocycles. The maximum Gasteiger partial charge on any atom is 0.488 e. The van der Waals surface area contributed by atoms with E-state index >= 15 is 0 Å². The number of nitro groups is 1. The summed E-state index contributed by atoms with van der Waals surface area (Å²) in [5, 5.41) is 21.6. The van der Waals surface area contributed by atoms with Gasteiger partial charge >= 0.3 is 15.4 Å². The Morgan fingerprint density at radius 1 is 1.50 bits per heavy atom. The molecule has 12 heteroatoms. The van der Waals surface area contributed by atoms with Crippen molar-refractivity contribution in [3.63, 3.8) is 0 Å². The van der Waals surface area contributed by atoms with Crippen LogP contribution in [0.15, 0.2) is 24.5 Å². The van der Waals surface area contributed by atoms with Crippen molar-refractivity contribution < 1.29 is 28.7 Å². The number of benzene rings is 1. The second-order valence-corrected chi connectivity index (χ2v) is 7.14. The van der Waals surface area contributed by atoms with E-state index in [0.717, 1.165) is 0 Å². The van der Waals surface area contributed by atoms with Crippen LogP contribution < -0.4 is 0 Å². The molecular formula is C12H12BN3O7P+. The molecule has 0 amide bonds. The minimum Gasteiger partial charge on any atom is -0.385 e. The third-order valence-electron chi connectivity index (χ3n) is 4.06. The number of aromatic nitrogens is 2. The van der Waals surface area contributed by atoms with Crippen LogP contribution in [0.25, 0.3) is 11.0 Å². The Morgan fingerprint density at radius 3 is 3.04 bits per heavy atom. The number of hydrogen-bond acceptors (Lipinski definition) is 8. The van der Waals surface area contributed by atoms with Gasteiger partial charge in [-0.1, -0.05) is 6.07 Å². The molecule has 2 radical (unpaired) electrons. The highest BCUT2D eigenvalue weighted by Crippen LogP contribution is 2.58. The van der Waals surface area contributed by atoms with Crippen molar-refractivity contribution in [2.24, 2.45) is 0 Å². The summed E-state index contributed by atoms with van der Waals surface area (Å²) in [6.45, 7) is -0.0220. The molecule has 2 aromatic rings. The maximum absolute atomic E-state index is 11.1. The second kappa shape index (κ2) is 5.45. The third kappa shape index (κ3) is 2.41. The first-order chi connectivity index (χ1) is 11.4. The highest BCUT2D eigenvalue weighted by atomic mass is 31.2. The van der Waals surface area contributed by atoms with Gasteiger partial charge in [0.2, 0.25) is 0 Å². The number of nitrogens with zero attached hydrogens (tertiary/aromatic N) is 3. The van der Waals surface area contributed by atoms with Gasteiger partial charge in [0.25, 0.3) is 5.69 Å². The van der Waals surface area contributed by atoms with E-state index < -0.39 is 37.3 Å². The van der Waals surface area contributed by atoms with Crippen molar-refractivity contribution in [2.45, 2.75) is 24.5 Å². The third-order valence-corrected chi connectivity index (χ3v) is 5.12. The quantitative estimate of drug-likeness (QED) is 0.345. The molecule has 0 spiro atoms. The Hall–Kier alpha value is -1.62. The fourth-order valence-electron chi connectivity index (χ4n) is 2.99. The molecule has 0 aliphatic carbocycles. The van der Waals surface area contributed by atoms with E-state index in [1.54, 1.807) is 6.07 Å². The lowest BCUT2D eigenvalue weighted by Crippen LogP contribution is -2.40. The van der Waals surface area contributed by atoms with Gasteiger partial charge in [0.05, 0.1) is 16.8 Å². The average molecular weight is 352 g/mol. The van der Waals surface area contributed by atoms with Crippen molar-refractivity contribution in [3.8, 4) is 0 Å². The van der Waals surface area contributed by atoms with Gasteiger partial charge in [-0.2, -0.15) is 9.05 Å². The second-order valence-electron chi connectivity index (χ2n) is 5.54. The summed E-state index contributed by atoms with van der Waals surface area (Å²) in [6.07, 6.45) is -2.17. The number of nitro benzene ring substituents is 1. The lowest BCUT2D eigenvalue weighted by Gasteiger charge is -2.27. The summed E-state index contributed by atoms with van der Waals surface area (Å²) < 4.78 is 17.4. The molecule has 1 aromatic heterocycles. The van der Waals surface area contributed by atoms with Crippen LogP contribution in [0, 0.1) is 10.1 Å². The first-order valence-corrected chi connectivity index (χ1v) is 8.69. The standard InChI is InChI=1S/C12H12BN3O7P/c13-24(20)21-4-8-11(23-24)10(17)12(22-8)15-5-14-9-6(15)2-1-3-7(9)16(18)19/h1-3,5,8,10-12,17,20H,4H2/q+1/t8-,10?,11+,12-,24?/m1/s1. The van der Waals surface area contributed by atoms with Crippen molar-refractivity contribution in [3.05, 3.63) is 34.6 Å². The zero-order valence-corrected chi connectivity index (χ0v) is 13.0. The number of para-hydroxylation sites is 1. The zero-order chi connectivity index (χ0) is 17.1. The van der Waals surface area contributed by atoms with Crippen LogP contribution in [-0.4, -0.2) is 57.0 Å². The predicted octanol–water partition coefficient (Wildman–Crippen LogP) is 0.457. The topological polar surface area (TPSA) is 129 Å². The van der Waals surface area contributed by atoms with Gasteiger partial charge < -0.3 is 14.4 Å². The van der Waals surface area contributed by atoms with Crippen LogP contribution in [0.1, 0.15) is 6.23 Å². The molecule has 0 saturated carbocycles. The maximum atomic E-state index is 11.1. The minimum atomic E-state index is -3.47. The Kier molecular flexibility index (Phi) is 3.61. The van der Waals surface area contributed by atoms with Crippen molar-refractivity contribution in [1.29, 1.82) is 0 Å². The van der Waals surface area contributed by atoms with Crippen LogP contribution in [-0.2, 0) is 13.8 Å². The monoisotopic (exact) mass is 352 g/mol. The van der Waals surface area contributed by atoms with Crippen molar-refractivity contribution in [1.82, 2.24) is 9.55 Å². The first-order valence-electron chi connectivity index (χ1n) is 7.04. The van der Waals surface area contributed by atoms with Gasteiger partial charge in [0, 0.05) is 6.07 Å². The predicted molar refractivity (Wildman–Crippen MR) is 82.0 cm³/mol. The average Bonchev–Trinajstić information content (AvgIpc) is 3.08. The molecule has 2 N–H and O–H groups in total. The number of imidazole rings is 1. The fraction of sp³-hybridized carbons (Fsp3) is 0.417. The number of rotatable bonds is 2. The van der Waals surface area contributed by atoms with E-state index in [1.807, 2.05) is 0 Å². The van der Waals surface area contributed by atoms with E-state index in [1.165, 1.54) is 23.0 Å². The Bertz CT molecular complexity index is 815. The van der Waals surface area contributed by atoms with Gasteiger partial charge in [-0.05, 0) is 6.07 Å². The summed E-state index contributed by atoms with van der Waals surface area (Å²) in [4.78, 5) is 24.3. The summed E-state index contributed by atoms with van der Waals surface area (Å²) in [7, 11) is 1.99. The first kappa shape index (κ1) is 15.9. The minimum absolute atomic E-state index is 0.0220. The molecule has 5 atom stereocenters. The molecular weight excluding hydrogens is 340 g/mol. The highest BCUT2D eigenvalue weighted by molar-refractivity contribution is 7.85. The van der Waals surface area contributed by atoms with E-state index in [0.29, 0.717) is 5.52 Å². The smallest absolute Gasteiger partial charge is 0.385 e. The number of fused-ring (bicyclic) bond motifs is 2. The van der Waals surface area contributed by atoms with Crippen LogP contribution in [0.2, 0.25) is 0 Å². The van der Waals surface area contributed by atoms with Gasteiger partial charge in [0.15, 0.2) is 17.8 Å². The van der Waals surface area contributed by atoms with Crippen LogP contribution in [0.3, 0.4) is 0 Å². The molecule has 2 aliphatic heterocycles. The van der Waals surface area contributed by atoms with Crippen molar-refractivity contribution >= 4 is 32.1 Å². The summed E-state index contributed by atoms with van der Waals surface area (Å²) >= 11 is 0. The van der Waals surface area contributed by atoms with E-state index in [4.69, 9.17) is 21.4 Å². The van der Waals surface area contributed by atoms with Crippen LogP contribution in [0.4, 0.5) is 5.69 Å². The van der Waals surface area contributed by atoms with Gasteiger partial charge in [-0.25, -0.2) is 9.88 Å². The van der Waals surface area contributed by atoms with E-state index in [9.17, 15) is 20.1 Å². The Labute approximate surface area is 137 Å². The lowest BCUT2D eigenvalue weighted by atomic mass is 10.1. The van der Waals surface area contributed by atoms with Gasteiger partial charge in [0.1, 0.15) is 18.8 Å². The number of ether oxygens (including phenoxy) is 1. The molecule has 4 rings (SSSR count). The molecule has 3 heterocycles. The van der Waals surface area contributed by atoms with E-state index in [2.05, 4.69) is 4.98 Å². The molecule has 2 saturated heterocycles. The number of aliphatic hydroxyl groups excluding tert-OH is 1. The summed E-state index contributed by atoms with van der Waals surface area (Å²) in [5.41, 5.74) is 0.483. The largest absolute Gasteiger partial charge is 0.488 e. The molecule has 2 unspecified atom stereocenters. The highest BCUT2D eigenvalue weighted by Gasteiger charge is 2.56. The van der Waals surface area contributed by atoms with Crippen molar-refractivity contribution in [2.75, 3.05) is 6.61 Å². The van der Waals surface area contributed by atoms with E-state index in [-0.39, 0.29) is 17.8 Å². The fourth-order valence-corrected chi connectivity index (χ4v) is 4.02. The molecule has 24 heavy (non-hydrogen) atoms. The normalized spacial score (nSPS) is 35.9. The van der Waals surface area contributed by atoms with Crippen LogP contribution >= 0.6 is 7.82 Å². The lowest BCUT2D eigenvalue weighted by molar-refractivity contribution is -0.383. The molecule has 0 bridgehead atoms. The number of non-ortho nitro benzene ring substituents is 1. The van der Waals surface area contributed by atoms with Gasteiger partial charge in [-0.3, -0.25) is 10.1 Å². The zero-order valence-electron chi connectivity index (χ0n) is 12.1. The summed E-state index contributed by atoms with van der Waals surface area (Å²) in [6, 6.07) is 4.51. The molecule has 10 nitrogen and oxygen atoms in total. The van der Waals surface area contributed by atoms with Gasteiger partial charge in [-0.15, -0.1) is 0 Å². The Morgan fingerprint density at radius 2 is 2.29 bits per heavy atom. The summed E-state index contributed by atoms with van der Waals surface area (Å²) in [5.74, 6) is 0. The van der Waals surface area contributed by atoms with Crippen LogP contribution in [0.5, 0.6) is 0 Å². The molecule has 124 valence electrons. The Balaban J connectivity index is 1.71. The number of aliphatic hydroxyl groups is 1. The number of hydrogen-bond donors (Lipinski definition) is 2. The SMILES string of the molecule is [B][P+]1(O)OC[C@H]2O[C@@H](n3cnc4c([N+](=O)[O-])cccc43)C(O)[C@H]2O1. The molecule has 2 aliphatic rings. The molecule has 2 fully saturated rings.